The van der Waals surface area contributed by atoms with Crippen molar-refractivity contribution in [2.75, 3.05) is 6.61 Å². The van der Waals surface area contributed by atoms with E-state index < -0.39 is 67.5 Å². The molecule has 0 bridgehead atoms. The number of aliphatic hydroxyl groups is 3. The molecule has 1 aliphatic rings. The van der Waals surface area contributed by atoms with E-state index in [0.717, 1.165) is 6.92 Å². The molecule has 11 heteroatoms. The first-order chi connectivity index (χ1) is 10.7. The Morgan fingerprint density at radius 3 is 2.39 bits per heavy atom. The van der Waals surface area contributed by atoms with Crippen molar-refractivity contribution in [3.63, 3.8) is 0 Å². The van der Waals surface area contributed by atoms with E-state index in [4.69, 9.17) is 26.0 Å². The fourth-order valence-corrected chi connectivity index (χ4v) is 2.05. The van der Waals surface area contributed by atoms with Gasteiger partial charge in [-0.05, 0) is 0 Å². The molecule has 2 amide bonds. The van der Waals surface area contributed by atoms with Crippen LogP contribution in [-0.2, 0) is 23.9 Å². The fourth-order valence-electron chi connectivity index (χ4n) is 2.05. The molecular formula is C12H21N3O8. The Balaban J connectivity index is 2.79. The SMILES string of the molecule is CC(=O)N[C@@H](CC(N)=O)C(=O)OC1O[C@H](CO)[C@@H](O)[C@H](O)[C@H]1N. The predicted octanol–water partition coefficient (Wildman–Crippen LogP) is -4.32. The van der Waals surface area contributed by atoms with Crippen LogP contribution in [0.4, 0.5) is 0 Å². The number of hydrogen-bond acceptors (Lipinski definition) is 9. The van der Waals surface area contributed by atoms with Crippen molar-refractivity contribution in [3.8, 4) is 0 Å². The molecule has 0 aromatic rings. The Bertz CT molecular complexity index is 442. The third-order valence-corrected chi connectivity index (χ3v) is 3.23. The van der Waals surface area contributed by atoms with Gasteiger partial charge in [0.15, 0.2) is 0 Å². The van der Waals surface area contributed by atoms with E-state index in [0.29, 0.717) is 0 Å². The molecule has 0 spiro atoms. The van der Waals surface area contributed by atoms with Crippen molar-refractivity contribution in [1.29, 1.82) is 0 Å². The monoisotopic (exact) mass is 335 g/mol. The number of hydrogen-bond donors (Lipinski definition) is 6. The third kappa shape index (κ3) is 5.11. The van der Waals surface area contributed by atoms with Crippen molar-refractivity contribution < 1.29 is 39.2 Å². The predicted molar refractivity (Wildman–Crippen MR) is 73.2 cm³/mol. The number of nitrogens with one attached hydrogen (secondary N) is 1. The summed E-state index contributed by atoms with van der Waals surface area (Å²) in [6.45, 7) is 0.488. The van der Waals surface area contributed by atoms with Gasteiger partial charge in [-0.15, -0.1) is 0 Å². The maximum Gasteiger partial charge on any atom is 0.331 e. The van der Waals surface area contributed by atoms with Crippen LogP contribution in [0.3, 0.4) is 0 Å². The average molecular weight is 335 g/mol. The van der Waals surface area contributed by atoms with Crippen molar-refractivity contribution in [2.24, 2.45) is 11.5 Å². The van der Waals surface area contributed by atoms with Gasteiger partial charge in [0.2, 0.25) is 18.1 Å². The van der Waals surface area contributed by atoms with Crippen LogP contribution in [-0.4, -0.2) is 76.4 Å². The van der Waals surface area contributed by atoms with Crippen LogP contribution in [0.2, 0.25) is 0 Å². The standard InChI is InChI=1S/C12H21N3O8/c1-4(17)15-5(2-7(13)18)11(21)23-12-8(14)10(20)9(19)6(3-16)22-12/h5-6,8-10,12,16,19-20H,2-3,14H2,1H3,(H2,13,18)(H,15,17)/t5-,6+,8+,9+,10+,12?/m0/s1. The topological polar surface area (TPSA) is 194 Å². The van der Waals surface area contributed by atoms with Crippen LogP contribution in [0.15, 0.2) is 0 Å². The molecule has 1 rings (SSSR count). The zero-order valence-electron chi connectivity index (χ0n) is 12.4. The smallest absolute Gasteiger partial charge is 0.331 e. The molecule has 11 nitrogen and oxygen atoms in total. The van der Waals surface area contributed by atoms with Gasteiger partial charge in [0, 0.05) is 6.92 Å². The molecule has 0 radical (unpaired) electrons. The molecule has 1 saturated heterocycles. The van der Waals surface area contributed by atoms with E-state index in [2.05, 4.69) is 5.32 Å². The Labute approximate surface area is 131 Å². The van der Waals surface area contributed by atoms with Gasteiger partial charge in [-0.1, -0.05) is 0 Å². The largest absolute Gasteiger partial charge is 0.432 e. The summed E-state index contributed by atoms with van der Waals surface area (Å²) in [5, 5.41) is 30.6. The third-order valence-electron chi connectivity index (χ3n) is 3.23. The maximum absolute atomic E-state index is 12.0. The van der Waals surface area contributed by atoms with Crippen LogP contribution >= 0.6 is 0 Å². The minimum absolute atomic E-state index is 0.505. The molecule has 23 heavy (non-hydrogen) atoms. The summed E-state index contributed by atoms with van der Waals surface area (Å²) >= 11 is 0. The van der Waals surface area contributed by atoms with Gasteiger partial charge >= 0.3 is 5.97 Å². The number of ether oxygens (including phenoxy) is 2. The van der Waals surface area contributed by atoms with Gasteiger partial charge in [0.25, 0.3) is 0 Å². The molecular weight excluding hydrogens is 314 g/mol. The lowest BCUT2D eigenvalue weighted by Crippen LogP contribution is -2.63. The summed E-state index contributed by atoms with van der Waals surface area (Å²) in [7, 11) is 0. The molecule has 0 aromatic carbocycles. The minimum atomic E-state index is -1.51. The number of primary amides is 1. The van der Waals surface area contributed by atoms with E-state index >= 15 is 0 Å². The second kappa shape index (κ2) is 8.17. The van der Waals surface area contributed by atoms with Crippen LogP contribution < -0.4 is 16.8 Å². The maximum atomic E-state index is 12.0. The zero-order valence-corrected chi connectivity index (χ0v) is 12.4. The van der Waals surface area contributed by atoms with Gasteiger partial charge in [-0.3, -0.25) is 9.59 Å². The fraction of sp³-hybridized carbons (Fsp3) is 0.750. The highest BCUT2D eigenvalue weighted by Crippen LogP contribution is 2.21. The lowest BCUT2D eigenvalue weighted by Gasteiger charge is -2.40. The highest BCUT2D eigenvalue weighted by molar-refractivity contribution is 5.88. The Morgan fingerprint density at radius 2 is 1.91 bits per heavy atom. The summed E-state index contributed by atoms with van der Waals surface area (Å²) in [4.78, 5) is 34.0. The normalized spacial score (nSPS) is 32.0. The summed E-state index contributed by atoms with van der Waals surface area (Å²) in [5.74, 6) is -2.50. The zero-order chi connectivity index (χ0) is 17.7. The Hall–Kier alpha value is -1.79. The number of carbonyl (C=O) groups is 3. The highest BCUT2D eigenvalue weighted by Gasteiger charge is 2.44. The van der Waals surface area contributed by atoms with Crippen molar-refractivity contribution in [1.82, 2.24) is 5.32 Å². The van der Waals surface area contributed by atoms with Gasteiger partial charge < -0.3 is 41.6 Å². The summed E-state index contributed by atoms with van der Waals surface area (Å²) < 4.78 is 10.0. The van der Waals surface area contributed by atoms with Crippen LogP contribution in [0.25, 0.3) is 0 Å². The van der Waals surface area contributed by atoms with E-state index in [-0.39, 0.29) is 0 Å². The van der Waals surface area contributed by atoms with Crippen molar-refractivity contribution in [3.05, 3.63) is 0 Å². The van der Waals surface area contributed by atoms with Crippen LogP contribution in [0.1, 0.15) is 13.3 Å². The molecule has 6 atom stereocenters. The number of aliphatic hydroxyl groups excluding tert-OH is 3. The lowest BCUT2D eigenvalue weighted by atomic mass is 9.98. The van der Waals surface area contributed by atoms with Gasteiger partial charge in [0.05, 0.1) is 19.1 Å². The molecule has 1 aliphatic heterocycles. The van der Waals surface area contributed by atoms with E-state index in [9.17, 15) is 24.6 Å². The van der Waals surface area contributed by atoms with Crippen molar-refractivity contribution in [2.45, 2.75) is 50.0 Å². The molecule has 0 aliphatic carbocycles. The van der Waals surface area contributed by atoms with Crippen LogP contribution in [0, 0.1) is 0 Å². The van der Waals surface area contributed by atoms with Gasteiger partial charge in [-0.25, -0.2) is 4.79 Å². The molecule has 132 valence electrons. The van der Waals surface area contributed by atoms with Crippen molar-refractivity contribution >= 4 is 17.8 Å². The summed E-state index contributed by atoms with van der Waals surface area (Å²) in [5.41, 5.74) is 10.6. The van der Waals surface area contributed by atoms with E-state index in [1.165, 1.54) is 0 Å². The molecule has 0 saturated carbocycles. The number of rotatable bonds is 6. The first kappa shape index (κ1) is 19.3. The van der Waals surface area contributed by atoms with E-state index in [1.54, 1.807) is 0 Å². The average Bonchev–Trinajstić information content (AvgIpc) is 2.46. The summed E-state index contributed by atoms with van der Waals surface area (Å²) in [6.07, 6.45) is -6.16. The second-order valence-corrected chi connectivity index (χ2v) is 5.14. The molecule has 0 aromatic heterocycles. The number of nitrogens with two attached hydrogens (primary N) is 2. The molecule has 1 fully saturated rings. The Kier molecular flexibility index (Phi) is 6.84. The first-order valence-corrected chi connectivity index (χ1v) is 6.81. The highest BCUT2D eigenvalue weighted by atomic mass is 16.7. The lowest BCUT2D eigenvalue weighted by molar-refractivity contribution is -0.260. The second-order valence-electron chi connectivity index (χ2n) is 5.14. The van der Waals surface area contributed by atoms with Crippen LogP contribution in [0.5, 0.6) is 0 Å². The molecule has 1 heterocycles. The quantitative estimate of drug-likeness (QED) is 0.260. The number of carbonyl (C=O) groups excluding carboxylic acids is 3. The minimum Gasteiger partial charge on any atom is -0.432 e. The number of esters is 1. The van der Waals surface area contributed by atoms with Gasteiger partial charge in [-0.2, -0.15) is 0 Å². The van der Waals surface area contributed by atoms with E-state index in [1.807, 2.05) is 0 Å². The molecule has 8 N–H and O–H groups in total. The first-order valence-electron chi connectivity index (χ1n) is 6.81. The Morgan fingerprint density at radius 1 is 1.30 bits per heavy atom. The number of amides is 2. The molecule has 1 unspecified atom stereocenters. The van der Waals surface area contributed by atoms with Gasteiger partial charge in [0.1, 0.15) is 24.4 Å². The summed E-state index contributed by atoms with van der Waals surface area (Å²) in [6, 6.07) is -2.64.